The second-order valence-electron chi connectivity index (χ2n) is 5.56. The highest BCUT2D eigenvalue weighted by atomic mass is 16.2. The minimum Gasteiger partial charge on any atom is -0.376 e. The zero-order valence-corrected chi connectivity index (χ0v) is 12.7. The minimum absolute atomic E-state index is 0.199. The molecule has 0 saturated carbocycles. The van der Waals surface area contributed by atoms with Gasteiger partial charge in [0.25, 0.3) is 0 Å². The van der Waals surface area contributed by atoms with Crippen LogP contribution < -0.4 is 10.6 Å². The van der Waals surface area contributed by atoms with E-state index in [0.717, 1.165) is 31.6 Å². The van der Waals surface area contributed by atoms with Crippen LogP contribution >= 0.6 is 0 Å². The Morgan fingerprint density at radius 1 is 1.35 bits per heavy atom. The van der Waals surface area contributed by atoms with Crippen LogP contribution in [0.3, 0.4) is 0 Å². The number of hydrogen-bond acceptors (Lipinski definition) is 3. The Morgan fingerprint density at radius 2 is 2.05 bits per heavy atom. The van der Waals surface area contributed by atoms with Crippen LogP contribution in [-0.2, 0) is 4.79 Å². The van der Waals surface area contributed by atoms with Gasteiger partial charge in [-0.25, -0.2) is 0 Å². The molecule has 1 aliphatic heterocycles. The molecule has 1 atom stereocenters. The number of aryl methyl sites for hydroxylation is 2. The number of para-hydroxylation sites is 1. The summed E-state index contributed by atoms with van der Waals surface area (Å²) in [6, 6.07) is 6.53. The third-order valence-electron chi connectivity index (χ3n) is 4.03. The summed E-state index contributed by atoms with van der Waals surface area (Å²) in [5.74, 6) is 0.199. The summed E-state index contributed by atoms with van der Waals surface area (Å²) in [5.41, 5.74) is 3.46. The van der Waals surface area contributed by atoms with E-state index in [2.05, 4.69) is 36.6 Å². The van der Waals surface area contributed by atoms with Gasteiger partial charge in [-0.2, -0.15) is 0 Å². The summed E-state index contributed by atoms with van der Waals surface area (Å²) < 4.78 is 0. The van der Waals surface area contributed by atoms with Crippen LogP contribution in [0.2, 0.25) is 0 Å². The third-order valence-corrected chi connectivity index (χ3v) is 4.03. The molecule has 110 valence electrons. The number of carbonyl (C=O) groups excluding carboxylic acids is 1. The van der Waals surface area contributed by atoms with Crippen LogP contribution in [0.4, 0.5) is 5.69 Å². The molecule has 1 amide bonds. The van der Waals surface area contributed by atoms with Gasteiger partial charge in [-0.1, -0.05) is 18.2 Å². The van der Waals surface area contributed by atoms with Crippen LogP contribution in [0.5, 0.6) is 0 Å². The Kier molecular flexibility index (Phi) is 5.01. The van der Waals surface area contributed by atoms with Crippen molar-refractivity contribution in [2.45, 2.75) is 32.7 Å². The van der Waals surface area contributed by atoms with Gasteiger partial charge < -0.3 is 15.5 Å². The maximum Gasteiger partial charge on any atom is 0.242 e. The quantitative estimate of drug-likeness (QED) is 0.863. The standard InChI is InChI=1S/C16H25N3O/c1-12-6-4-7-13(2)16(12)18-11-15(20)19-9-5-8-14(19)10-17-3/h4,6-7,14,17-18H,5,8-11H2,1-3H3. The van der Waals surface area contributed by atoms with E-state index in [0.29, 0.717) is 12.6 Å². The van der Waals surface area contributed by atoms with E-state index < -0.39 is 0 Å². The molecule has 4 heteroatoms. The highest BCUT2D eigenvalue weighted by Crippen LogP contribution is 2.20. The highest BCUT2D eigenvalue weighted by Gasteiger charge is 2.27. The lowest BCUT2D eigenvalue weighted by atomic mass is 10.1. The van der Waals surface area contributed by atoms with Gasteiger partial charge in [0, 0.05) is 24.8 Å². The van der Waals surface area contributed by atoms with Crippen molar-refractivity contribution in [3.63, 3.8) is 0 Å². The largest absolute Gasteiger partial charge is 0.376 e. The number of rotatable bonds is 5. The summed E-state index contributed by atoms with van der Waals surface area (Å²) in [5, 5.41) is 6.48. The van der Waals surface area contributed by atoms with Crippen LogP contribution in [0, 0.1) is 13.8 Å². The fraction of sp³-hybridized carbons (Fsp3) is 0.562. The fourth-order valence-corrected chi connectivity index (χ4v) is 2.97. The zero-order valence-electron chi connectivity index (χ0n) is 12.7. The molecule has 1 saturated heterocycles. The van der Waals surface area contributed by atoms with E-state index in [4.69, 9.17) is 0 Å². The van der Waals surface area contributed by atoms with Crippen LogP contribution in [-0.4, -0.2) is 43.5 Å². The van der Waals surface area contributed by atoms with Crippen molar-refractivity contribution in [3.05, 3.63) is 29.3 Å². The van der Waals surface area contributed by atoms with Crippen molar-refractivity contribution in [1.82, 2.24) is 10.2 Å². The van der Waals surface area contributed by atoms with Gasteiger partial charge in [-0.3, -0.25) is 4.79 Å². The number of nitrogens with one attached hydrogen (secondary N) is 2. The van der Waals surface area contributed by atoms with Crippen molar-refractivity contribution in [2.24, 2.45) is 0 Å². The van der Waals surface area contributed by atoms with Gasteiger partial charge in [-0.05, 0) is 44.9 Å². The molecule has 0 aromatic heterocycles. The second-order valence-corrected chi connectivity index (χ2v) is 5.56. The molecule has 1 aliphatic rings. The Balaban J connectivity index is 1.95. The first-order chi connectivity index (χ1) is 9.63. The SMILES string of the molecule is CNCC1CCCN1C(=O)CNc1c(C)cccc1C. The van der Waals surface area contributed by atoms with Crippen molar-refractivity contribution in [3.8, 4) is 0 Å². The van der Waals surface area contributed by atoms with Gasteiger partial charge in [0.1, 0.15) is 0 Å². The van der Waals surface area contributed by atoms with Crippen molar-refractivity contribution in [2.75, 3.05) is 32.0 Å². The number of likely N-dealkylation sites (tertiary alicyclic amines) is 1. The number of benzene rings is 1. The molecule has 2 rings (SSSR count). The summed E-state index contributed by atoms with van der Waals surface area (Å²) in [4.78, 5) is 14.4. The average molecular weight is 275 g/mol. The number of carbonyl (C=O) groups is 1. The third kappa shape index (κ3) is 3.31. The maximum absolute atomic E-state index is 12.4. The normalized spacial score (nSPS) is 18.4. The molecule has 20 heavy (non-hydrogen) atoms. The van der Waals surface area contributed by atoms with Crippen LogP contribution in [0.25, 0.3) is 0 Å². The lowest BCUT2D eigenvalue weighted by Gasteiger charge is -2.25. The monoisotopic (exact) mass is 275 g/mol. The molecular weight excluding hydrogens is 250 g/mol. The molecule has 1 fully saturated rings. The number of anilines is 1. The van der Waals surface area contributed by atoms with Crippen molar-refractivity contribution < 1.29 is 4.79 Å². The molecule has 0 aliphatic carbocycles. The van der Waals surface area contributed by atoms with E-state index >= 15 is 0 Å². The molecule has 2 N–H and O–H groups in total. The van der Waals surface area contributed by atoms with Gasteiger partial charge in [0.2, 0.25) is 5.91 Å². The summed E-state index contributed by atoms with van der Waals surface area (Å²) in [7, 11) is 1.94. The molecule has 1 aromatic carbocycles. The van der Waals surface area contributed by atoms with E-state index in [1.807, 2.05) is 18.0 Å². The summed E-state index contributed by atoms with van der Waals surface area (Å²) >= 11 is 0. The van der Waals surface area contributed by atoms with E-state index in [1.165, 1.54) is 11.1 Å². The Hall–Kier alpha value is -1.55. The lowest BCUT2D eigenvalue weighted by molar-refractivity contribution is -0.130. The smallest absolute Gasteiger partial charge is 0.242 e. The van der Waals surface area contributed by atoms with Crippen molar-refractivity contribution in [1.29, 1.82) is 0 Å². The molecule has 4 nitrogen and oxygen atoms in total. The van der Waals surface area contributed by atoms with Gasteiger partial charge >= 0.3 is 0 Å². The van der Waals surface area contributed by atoms with E-state index in [1.54, 1.807) is 0 Å². The molecule has 1 unspecified atom stereocenters. The first-order valence-corrected chi connectivity index (χ1v) is 7.37. The Bertz CT molecular complexity index is 453. The number of amides is 1. The molecule has 1 aromatic rings. The Labute approximate surface area is 121 Å². The van der Waals surface area contributed by atoms with Gasteiger partial charge in [-0.15, -0.1) is 0 Å². The average Bonchev–Trinajstić information content (AvgIpc) is 2.87. The highest BCUT2D eigenvalue weighted by molar-refractivity contribution is 5.82. The Morgan fingerprint density at radius 3 is 2.70 bits per heavy atom. The number of nitrogens with zero attached hydrogens (tertiary/aromatic N) is 1. The molecule has 0 radical (unpaired) electrons. The first kappa shape index (κ1) is 14.9. The predicted octanol–water partition coefficient (Wildman–Crippen LogP) is 1.93. The summed E-state index contributed by atoms with van der Waals surface area (Å²) in [6.07, 6.45) is 2.22. The van der Waals surface area contributed by atoms with Crippen LogP contribution in [0.1, 0.15) is 24.0 Å². The molecule has 0 spiro atoms. The molecule has 0 bridgehead atoms. The van der Waals surface area contributed by atoms with Gasteiger partial charge in [0.15, 0.2) is 0 Å². The fourth-order valence-electron chi connectivity index (χ4n) is 2.97. The first-order valence-electron chi connectivity index (χ1n) is 7.37. The lowest BCUT2D eigenvalue weighted by Crippen LogP contribution is -2.43. The maximum atomic E-state index is 12.4. The topological polar surface area (TPSA) is 44.4 Å². The summed E-state index contributed by atoms with van der Waals surface area (Å²) in [6.45, 7) is 6.29. The van der Waals surface area contributed by atoms with E-state index in [-0.39, 0.29) is 5.91 Å². The number of likely N-dealkylation sites (N-methyl/N-ethyl adjacent to an activating group) is 1. The zero-order chi connectivity index (χ0) is 14.5. The molecular formula is C16H25N3O. The number of hydrogen-bond donors (Lipinski definition) is 2. The van der Waals surface area contributed by atoms with Crippen LogP contribution in [0.15, 0.2) is 18.2 Å². The van der Waals surface area contributed by atoms with E-state index in [9.17, 15) is 4.79 Å². The second kappa shape index (κ2) is 6.75. The minimum atomic E-state index is 0.199. The predicted molar refractivity (Wildman–Crippen MR) is 83.1 cm³/mol. The van der Waals surface area contributed by atoms with Gasteiger partial charge in [0.05, 0.1) is 6.54 Å². The van der Waals surface area contributed by atoms with Crippen molar-refractivity contribution >= 4 is 11.6 Å². The molecule has 1 heterocycles.